The van der Waals surface area contributed by atoms with Gasteiger partial charge in [0.1, 0.15) is 11.3 Å². The largest absolute Gasteiger partial charge is 0.493 e. The molecule has 1 saturated carbocycles. The number of ether oxygens (including phenoxy) is 4. The Morgan fingerprint density at radius 3 is 2.18 bits per heavy atom. The molecule has 0 bridgehead atoms. The van der Waals surface area contributed by atoms with Gasteiger partial charge in [0.2, 0.25) is 0 Å². The van der Waals surface area contributed by atoms with Crippen molar-refractivity contribution in [3.05, 3.63) is 53.5 Å². The number of nitrogens with zero attached hydrogens (tertiary/aromatic N) is 4. The second-order valence-corrected chi connectivity index (χ2v) is 9.52. The number of hydrogen-bond donors (Lipinski definition) is 1. The summed E-state index contributed by atoms with van der Waals surface area (Å²) >= 11 is 0. The highest BCUT2D eigenvalue weighted by Gasteiger charge is 2.26. The van der Waals surface area contributed by atoms with Crippen LogP contribution in [0.4, 0.5) is 5.82 Å². The molecular weight excluding hydrogens is 482 g/mol. The fourth-order valence-corrected chi connectivity index (χ4v) is 5.22. The van der Waals surface area contributed by atoms with E-state index in [1.807, 2.05) is 41.8 Å². The molecule has 1 aliphatic rings. The Kier molecular flexibility index (Phi) is 7.53. The molecule has 0 spiro atoms. The summed E-state index contributed by atoms with van der Waals surface area (Å²) in [7, 11) is 6.55. The summed E-state index contributed by atoms with van der Waals surface area (Å²) in [6, 6.07) is 11.7. The molecule has 2 aromatic carbocycles. The van der Waals surface area contributed by atoms with Gasteiger partial charge in [0.15, 0.2) is 34.6 Å². The van der Waals surface area contributed by atoms with Crippen molar-refractivity contribution < 1.29 is 18.9 Å². The number of nitrogens with one attached hydrogen (secondary N) is 1. The van der Waals surface area contributed by atoms with E-state index in [-0.39, 0.29) is 0 Å². The molecule has 9 nitrogen and oxygen atoms in total. The molecule has 0 amide bonds. The lowest BCUT2D eigenvalue weighted by Crippen LogP contribution is -2.12. The summed E-state index contributed by atoms with van der Waals surface area (Å²) in [5.74, 6) is 5.52. The monoisotopic (exact) mass is 517 g/mol. The fraction of sp³-hybridized carbons (Fsp3) is 0.414. The quantitative estimate of drug-likeness (QED) is 0.297. The van der Waals surface area contributed by atoms with Crippen LogP contribution in [0.1, 0.15) is 48.7 Å². The second kappa shape index (κ2) is 11.2. The molecule has 2 aromatic heterocycles. The van der Waals surface area contributed by atoms with Gasteiger partial charge in [0.25, 0.3) is 0 Å². The molecule has 0 saturated heterocycles. The number of fused-ring (bicyclic) bond motifs is 1. The first-order chi connectivity index (χ1) is 18.6. The van der Waals surface area contributed by atoms with Crippen LogP contribution in [0.2, 0.25) is 0 Å². The zero-order chi connectivity index (χ0) is 26.6. The van der Waals surface area contributed by atoms with Gasteiger partial charge in [-0.2, -0.15) is 0 Å². The van der Waals surface area contributed by atoms with Gasteiger partial charge >= 0.3 is 0 Å². The van der Waals surface area contributed by atoms with Crippen molar-refractivity contribution in [2.75, 3.05) is 40.3 Å². The smallest absolute Gasteiger partial charge is 0.182 e. The fourth-order valence-electron chi connectivity index (χ4n) is 5.22. The first-order valence-electron chi connectivity index (χ1n) is 13.0. The maximum atomic E-state index is 5.54. The first kappa shape index (κ1) is 25.6. The zero-order valence-electron chi connectivity index (χ0n) is 22.7. The van der Waals surface area contributed by atoms with Crippen molar-refractivity contribution in [1.82, 2.24) is 19.6 Å². The van der Waals surface area contributed by atoms with Gasteiger partial charge < -0.3 is 24.3 Å². The van der Waals surface area contributed by atoms with Crippen LogP contribution in [0.5, 0.6) is 23.0 Å². The van der Waals surface area contributed by atoms with E-state index in [1.165, 1.54) is 12.8 Å². The highest BCUT2D eigenvalue weighted by atomic mass is 16.5. The van der Waals surface area contributed by atoms with Crippen molar-refractivity contribution >= 4 is 11.3 Å². The van der Waals surface area contributed by atoms with Crippen molar-refractivity contribution in [2.24, 2.45) is 0 Å². The summed E-state index contributed by atoms with van der Waals surface area (Å²) in [6.45, 7) is 2.71. The van der Waals surface area contributed by atoms with Crippen molar-refractivity contribution in [2.45, 2.75) is 44.9 Å². The standard InChI is InChI=1S/C29H35N5O4/c1-18-26-28(30-15-14-19-10-12-22(35-2)24(16-19)37-4)32-27(21-11-13-23(36-3)25(17-21)38-5)33-34(26)29(31-18)20-8-6-7-9-20/h10-13,16-17,20H,6-9,14-15H2,1-5H3,(H,30,32,33). The Balaban J connectivity index is 1.52. The Morgan fingerprint density at radius 2 is 1.50 bits per heavy atom. The van der Waals surface area contributed by atoms with Crippen molar-refractivity contribution in [3.8, 4) is 34.4 Å². The van der Waals surface area contributed by atoms with Gasteiger partial charge in [-0.05, 0) is 62.1 Å². The number of imidazole rings is 1. The van der Waals surface area contributed by atoms with E-state index in [0.717, 1.165) is 64.7 Å². The number of aromatic nitrogens is 4. The highest BCUT2D eigenvalue weighted by Crippen LogP contribution is 2.37. The molecule has 1 N–H and O–H groups in total. The van der Waals surface area contributed by atoms with Crippen LogP contribution in [-0.2, 0) is 6.42 Å². The average molecular weight is 518 g/mol. The van der Waals surface area contributed by atoms with Gasteiger partial charge in [0, 0.05) is 18.0 Å². The minimum absolute atomic E-state index is 0.406. The third-order valence-electron chi connectivity index (χ3n) is 7.21. The highest BCUT2D eigenvalue weighted by molar-refractivity contribution is 5.74. The van der Waals surface area contributed by atoms with Crippen molar-refractivity contribution in [3.63, 3.8) is 0 Å². The SMILES string of the molecule is COc1ccc(CCNc2nc(-c3ccc(OC)c(OC)c3)nn3c(C4CCCC4)nc(C)c23)cc1OC. The third kappa shape index (κ3) is 4.92. The van der Waals surface area contributed by atoms with Gasteiger partial charge in [-0.1, -0.05) is 18.9 Å². The lowest BCUT2D eigenvalue weighted by molar-refractivity contribution is 0.354. The van der Waals surface area contributed by atoms with E-state index in [0.29, 0.717) is 29.8 Å². The van der Waals surface area contributed by atoms with Crippen LogP contribution in [0.3, 0.4) is 0 Å². The van der Waals surface area contributed by atoms with Gasteiger partial charge in [-0.3, -0.25) is 0 Å². The van der Waals surface area contributed by atoms with E-state index in [1.54, 1.807) is 28.4 Å². The normalized spacial score (nSPS) is 13.6. The van der Waals surface area contributed by atoms with Crippen LogP contribution in [0, 0.1) is 6.92 Å². The Hall–Kier alpha value is -4.01. The number of rotatable bonds is 10. The number of methoxy groups -OCH3 is 4. The maximum Gasteiger partial charge on any atom is 0.182 e. The number of benzene rings is 2. The maximum absolute atomic E-state index is 5.54. The van der Waals surface area contributed by atoms with E-state index in [9.17, 15) is 0 Å². The minimum atomic E-state index is 0.406. The second-order valence-electron chi connectivity index (χ2n) is 9.52. The Morgan fingerprint density at radius 1 is 0.842 bits per heavy atom. The average Bonchev–Trinajstić information content (AvgIpc) is 3.60. The molecule has 9 heteroatoms. The van der Waals surface area contributed by atoms with Gasteiger partial charge in [-0.15, -0.1) is 5.10 Å². The molecule has 1 aliphatic carbocycles. The molecule has 0 radical (unpaired) electrons. The molecule has 0 unspecified atom stereocenters. The molecule has 5 rings (SSSR count). The summed E-state index contributed by atoms with van der Waals surface area (Å²) in [6.07, 6.45) is 5.50. The zero-order valence-corrected chi connectivity index (χ0v) is 22.7. The van der Waals surface area contributed by atoms with Crippen molar-refractivity contribution in [1.29, 1.82) is 0 Å². The molecule has 38 heavy (non-hydrogen) atoms. The third-order valence-corrected chi connectivity index (χ3v) is 7.21. The lowest BCUT2D eigenvalue weighted by Gasteiger charge is -2.14. The van der Waals surface area contributed by atoms with Crippen LogP contribution < -0.4 is 24.3 Å². The Labute approximate surface area is 223 Å². The molecular formula is C29H35N5O4. The number of aryl methyl sites for hydroxylation is 1. The van der Waals surface area contributed by atoms with Gasteiger partial charge in [0.05, 0.1) is 34.1 Å². The summed E-state index contributed by atoms with van der Waals surface area (Å²) in [5, 5.41) is 8.55. The molecule has 4 aromatic rings. The van der Waals surface area contributed by atoms with Crippen LogP contribution >= 0.6 is 0 Å². The van der Waals surface area contributed by atoms with Crippen LogP contribution in [0.15, 0.2) is 36.4 Å². The molecule has 0 aliphatic heterocycles. The molecule has 200 valence electrons. The van der Waals surface area contributed by atoms with E-state index >= 15 is 0 Å². The van der Waals surface area contributed by atoms with E-state index in [2.05, 4.69) is 11.4 Å². The first-order valence-corrected chi connectivity index (χ1v) is 13.0. The molecule has 0 atom stereocenters. The lowest BCUT2D eigenvalue weighted by atomic mass is 10.1. The summed E-state index contributed by atoms with van der Waals surface area (Å²) in [4.78, 5) is 9.95. The van der Waals surface area contributed by atoms with Gasteiger partial charge in [-0.25, -0.2) is 14.5 Å². The Bertz CT molecular complexity index is 1430. The summed E-state index contributed by atoms with van der Waals surface area (Å²) in [5.41, 5.74) is 3.83. The summed E-state index contributed by atoms with van der Waals surface area (Å²) < 4.78 is 23.8. The van der Waals surface area contributed by atoms with E-state index < -0.39 is 0 Å². The van der Waals surface area contributed by atoms with Crippen LogP contribution in [0.25, 0.3) is 16.9 Å². The number of hydrogen-bond acceptors (Lipinski definition) is 8. The molecule has 2 heterocycles. The topological polar surface area (TPSA) is 92.0 Å². The van der Waals surface area contributed by atoms with E-state index in [4.69, 9.17) is 34.0 Å². The molecule has 1 fully saturated rings. The predicted octanol–water partition coefficient (Wildman–Crippen LogP) is 5.45. The predicted molar refractivity (Wildman–Crippen MR) is 147 cm³/mol. The number of anilines is 1. The minimum Gasteiger partial charge on any atom is -0.493 e. The van der Waals surface area contributed by atoms with Crippen LogP contribution in [-0.4, -0.2) is 54.6 Å².